The highest BCUT2D eigenvalue weighted by Crippen LogP contribution is 2.29. The summed E-state index contributed by atoms with van der Waals surface area (Å²) in [6.45, 7) is 0. The van der Waals surface area contributed by atoms with Gasteiger partial charge in [-0.05, 0) is 30.3 Å². The van der Waals surface area contributed by atoms with Gasteiger partial charge in [-0.15, -0.1) is 0 Å². The van der Waals surface area contributed by atoms with Crippen LogP contribution < -0.4 is 16.0 Å². The topological polar surface area (TPSA) is 60.2 Å². The maximum absolute atomic E-state index is 5.32. The van der Waals surface area contributed by atoms with Crippen molar-refractivity contribution in [2.24, 2.45) is 5.84 Å². The quantitative estimate of drug-likeness (QED) is 0.642. The number of nitrogen functional groups attached to an aromatic ring is 1. The fourth-order valence-corrected chi connectivity index (χ4v) is 2.19. The third-order valence-electron chi connectivity index (χ3n) is 2.14. The molecule has 0 spiro atoms. The lowest BCUT2D eigenvalue weighted by Gasteiger charge is -2.05. The maximum atomic E-state index is 5.32. The van der Waals surface area contributed by atoms with Crippen LogP contribution in [0, 0.1) is 0 Å². The number of methoxy groups -OCH3 is 1. The minimum Gasteiger partial charge on any atom is -0.497 e. The first kappa shape index (κ1) is 11.8. The van der Waals surface area contributed by atoms with Crippen LogP contribution in [0.4, 0.5) is 5.82 Å². The minimum atomic E-state index is 0.651. The predicted octanol–water partition coefficient (Wildman–Crippen LogP) is 2.53. The number of nitrogens with zero attached hydrogens (tertiary/aromatic N) is 1. The van der Waals surface area contributed by atoms with E-state index in [0.29, 0.717) is 5.82 Å². The smallest absolute Gasteiger partial charge is 0.141 e. The fraction of sp³-hybridized carbons (Fsp3) is 0.0833. The Morgan fingerprint density at radius 2 is 2.06 bits per heavy atom. The fourth-order valence-electron chi connectivity index (χ4n) is 1.34. The standard InChI is InChI=1S/C12H13N3OS/c1-16-9-4-2-5-10(8-9)17-12-7-3-6-11(14-12)15-13/h2-8H,13H2,1H3,(H,14,15). The molecule has 3 N–H and O–H groups in total. The van der Waals surface area contributed by atoms with Gasteiger partial charge < -0.3 is 10.2 Å². The van der Waals surface area contributed by atoms with Crippen molar-refractivity contribution in [3.63, 3.8) is 0 Å². The van der Waals surface area contributed by atoms with Crippen LogP contribution in [0.3, 0.4) is 0 Å². The van der Waals surface area contributed by atoms with E-state index in [1.165, 1.54) is 0 Å². The second kappa shape index (κ2) is 5.56. The first-order valence-corrected chi connectivity index (χ1v) is 5.89. The van der Waals surface area contributed by atoms with Gasteiger partial charge in [0.05, 0.1) is 7.11 Å². The van der Waals surface area contributed by atoms with E-state index in [0.717, 1.165) is 15.7 Å². The molecular weight excluding hydrogens is 234 g/mol. The van der Waals surface area contributed by atoms with Crippen LogP contribution in [0.2, 0.25) is 0 Å². The summed E-state index contributed by atoms with van der Waals surface area (Å²) in [4.78, 5) is 5.40. The van der Waals surface area contributed by atoms with E-state index in [4.69, 9.17) is 10.6 Å². The third kappa shape index (κ3) is 3.12. The SMILES string of the molecule is COc1cccc(Sc2cccc(NN)n2)c1. The average Bonchev–Trinajstić information content (AvgIpc) is 2.39. The van der Waals surface area contributed by atoms with Crippen LogP contribution in [0.15, 0.2) is 52.4 Å². The molecule has 0 radical (unpaired) electrons. The lowest BCUT2D eigenvalue weighted by atomic mass is 10.3. The van der Waals surface area contributed by atoms with Gasteiger partial charge in [0.1, 0.15) is 16.6 Å². The number of ether oxygens (including phenoxy) is 1. The summed E-state index contributed by atoms with van der Waals surface area (Å²) in [7, 11) is 1.65. The lowest BCUT2D eigenvalue weighted by Crippen LogP contribution is -2.08. The zero-order valence-electron chi connectivity index (χ0n) is 9.38. The molecule has 17 heavy (non-hydrogen) atoms. The number of pyridine rings is 1. The van der Waals surface area contributed by atoms with Crippen LogP contribution in [0.25, 0.3) is 0 Å². The van der Waals surface area contributed by atoms with Crippen molar-refractivity contribution >= 4 is 17.6 Å². The van der Waals surface area contributed by atoms with Gasteiger partial charge in [-0.1, -0.05) is 23.9 Å². The number of hydrazine groups is 1. The largest absolute Gasteiger partial charge is 0.497 e. The molecule has 0 unspecified atom stereocenters. The minimum absolute atomic E-state index is 0.651. The lowest BCUT2D eigenvalue weighted by molar-refractivity contribution is 0.413. The van der Waals surface area contributed by atoms with Crippen LogP contribution in [-0.2, 0) is 0 Å². The highest BCUT2D eigenvalue weighted by atomic mass is 32.2. The van der Waals surface area contributed by atoms with Gasteiger partial charge in [-0.25, -0.2) is 10.8 Å². The van der Waals surface area contributed by atoms with Crippen molar-refractivity contribution in [3.05, 3.63) is 42.5 Å². The van der Waals surface area contributed by atoms with Crippen LogP contribution >= 0.6 is 11.8 Å². The molecular formula is C12H13N3OS. The molecule has 1 aromatic heterocycles. The molecule has 1 aromatic carbocycles. The Labute approximate surface area is 104 Å². The Hall–Kier alpha value is -1.72. The third-order valence-corrected chi connectivity index (χ3v) is 3.06. The van der Waals surface area contributed by atoms with Gasteiger partial charge in [-0.2, -0.15) is 0 Å². The molecule has 0 amide bonds. The summed E-state index contributed by atoms with van der Waals surface area (Å²) in [6.07, 6.45) is 0. The van der Waals surface area contributed by atoms with Crippen molar-refractivity contribution in [2.45, 2.75) is 9.92 Å². The second-order valence-corrected chi connectivity index (χ2v) is 4.38. The van der Waals surface area contributed by atoms with Crippen LogP contribution in [0.1, 0.15) is 0 Å². The van der Waals surface area contributed by atoms with Crippen molar-refractivity contribution < 1.29 is 4.74 Å². The first-order chi connectivity index (χ1) is 8.31. The summed E-state index contributed by atoms with van der Waals surface area (Å²) in [6, 6.07) is 13.5. The monoisotopic (exact) mass is 247 g/mol. The van der Waals surface area contributed by atoms with Crippen LogP contribution in [-0.4, -0.2) is 12.1 Å². The van der Waals surface area contributed by atoms with Crippen molar-refractivity contribution in [1.82, 2.24) is 4.98 Å². The molecule has 1 heterocycles. The first-order valence-electron chi connectivity index (χ1n) is 5.07. The zero-order valence-corrected chi connectivity index (χ0v) is 10.2. The maximum Gasteiger partial charge on any atom is 0.141 e. The molecule has 2 aromatic rings. The number of aromatic nitrogens is 1. The molecule has 0 atom stereocenters. The molecule has 0 saturated carbocycles. The summed E-state index contributed by atoms with van der Waals surface area (Å²) < 4.78 is 5.17. The summed E-state index contributed by atoms with van der Waals surface area (Å²) in [5.74, 6) is 6.80. The Balaban J connectivity index is 2.18. The van der Waals surface area contributed by atoms with Crippen molar-refractivity contribution in [2.75, 3.05) is 12.5 Å². The Morgan fingerprint density at radius 1 is 1.24 bits per heavy atom. The number of benzene rings is 1. The number of hydrogen-bond donors (Lipinski definition) is 2. The van der Waals surface area contributed by atoms with Gasteiger partial charge in [0.2, 0.25) is 0 Å². The van der Waals surface area contributed by atoms with Crippen molar-refractivity contribution in [1.29, 1.82) is 0 Å². The molecule has 88 valence electrons. The predicted molar refractivity (Wildman–Crippen MR) is 69.2 cm³/mol. The van der Waals surface area contributed by atoms with Gasteiger partial charge in [0.15, 0.2) is 0 Å². The average molecular weight is 247 g/mol. The molecule has 0 fully saturated rings. The highest BCUT2D eigenvalue weighted by Gasteiger charge is 2.01. The number of nitrogens with two attached hydrogens (primary N) is 1. The van der Waals surface area contributed by atoms with Crippen molar-refractivity contribution in [3.8, 4) is 5.75 Å². The van der Waals surface area contributed by atoms with E-state index < -0.39 is 0 Å². The summed E-state index contributed by atoms with van der Waals surface area (Å²) in [5.41, 5.74) is 2.53. The molecule has 0 bridgehead atoms. The number of nitrogens with one attached hydrogen (secondary N) is 1. The summed E-state index contributed by atoms with van der Waals surface area (Å²) in [5, 5.41) is 0.883. The van der Waals surface area contributed by atoms with E-state index in [1.54, 1.807) is 18.9 Å². The van der Waals surface area contributed by atoms with E-state index >= 15 is 0 Å². The summed E-state index contributed by atoms with van der Waals surface area (Å²) >= 11 is 1.56. The van der Waals surface area contributed by atoms with Gasteiger partial charge >= 0.3 is 0 Å². The molecule has 2 rings (SSSR count). The molecule has 5 heteroatoms. The van der Waals surface area contributed by atoms with E-state index in [-0.39, 0.29) is 0 Å². The number of anilines is 1. The zero-order chi connectivity index (χ0) is 12.1. The molecule has 0 aliphatic rings. The normalized spacial score (nSPS) is 10.0. The number of rotatable bonds is 4. The van der Waals surface area contributed by atoms with E-state index in [2.05, 4.69) is 10.4 Å². The molecule has 0 aliphatic carbocycles. The Morgan fingerprint density at radius 3 is 2.82 bits per heavy atom. The molecule has 0 saturated heterocycles. The Bertz CT molecular complexity index is 459. The van der Waals surface area contributed by atoms with Gasteiger partial charge in [-0.3, -0.25) is 0 Å². The molecule has 4 nitrogen and oxygen atoms in total. The second-order valence-electron chi connectivity index (χ2n) is 3.29. The van der Waals surface area contributed by atoms with Crippen LogP contribution in [0.5, 0.6) is 5.75 Å². The molecule has 0 aliphatic heterocycles. The Kier molecular flexibility index (Phi) is 3.85. The highest BCUT2D eigenvalue weighted by molar-refractivity contribution is 7.99. The van der Waals surface area contributed by atoms with Gasteiger partial charge in [0, 0.05) is 4.90 Å². The van der Waals surface area contributed by atoms with Gasteiger partial charge in [0.25, 0.3) is 0 Å². The van der Waals surface area contributed by atoms with E-state index in [9.17, 15) is 0 Å². The van der Waals surface area contributed by atoms with E-state index in [1.807, 2.05) is 42.5 Å². The number of hydrogen-bond acceptors (Lipinski definition) is 5.